The molecular formula is C13H12F9NO4. The number of halogens is 9. The summed E-state index contributed by atoms with van der Waals surface area (Å²) in [6.45, 7) is 2.91. The molecule has 1 unspecified atom stereocenters. The van der Waals surface area contributed by atoms with Crippen molar-refractivity contribution in [3.05, 3.63) is 11.8 Å². The van der Waals surface area contributed by atoms with Crippen LogP contribution >= 0.6 is 0 Å². The number of hydrogen-bond donors (Lipinski definition) is 0. The van der Waals surface area contributed by atoms with Crippen LogP contribution in [0.1, 0.15) is 25.5 Å². The first-order valence-corrected chi connectivity index (χ1v) is 6.93. The molecule has 1 atom stereocenters. The number of ether oxygens (including phenoxy) is 2. The summed E-state index contributed by atoms with van der Waals surface area (Å²) in [5, 5.41) is 2.73. The number of alkyl halides is 9. The van der Waals surface area contributed by atoms with Crippen LogP contribution in [0.4, 0.5) is 39.5 Å². The zero-order valence-corrected chi connectivity index (χ0v) is 13.7. The molecule has 0 saturated carbocycles. The van der Waals surface area contributed by atoms with E-state index in [0.29, 0.717) is 6.07 Å². The molecule has 14 heteroatoms. The van der Waals surface area contributed by atoms with Gasteiger partial charge in [-0.3, -0.25) is 4.79 Å². The molecule has 0 aliphatic rings. The van der Waals surface area contributed by atoms with Gasteiger partial charge in [-0.25, -0.2) is 0 Å². The van der Waals surface area contributed by atoms with Crippen LogP contribution in [-0.4, -0.2) is 42.4 Å². The molecule has 1 aromatic rings. The highest BCUT2D eigenvalue weighted by Gasteiger charge is 2.83. The summed E-state index contributed by atoms with van der Waals surface area (Å²) in [5.41, 5.74) is 0. The number of aromatic nitrogens is 1. The summed E-state index contributed by atoms with van der Waals surface area (Å²) in [6.07, 6.45) is -13.3. The van der Waals surface area contributed by atoms with Gasteiger partial charge in [0.2, 0.25) is 0 Å². The topological polar surface area (TPSA) is 61.6 Å². The average Bonchev–Trinajstić information content (AvgIpc) is 2.92. The number of carbonyl (C=O) groups excluding carboxylic acids is 1. The van der Waals surface area contributed by atoms with E-state index in [1.165, 1.54) is 13.8 Å². The highest BCUT2D eigenvalue weighted by Crippen LogP contribution is 2.53. The van der Waals surface area contributed by atoms with Crippen molar-refractivity contribution < 1.29 is 58.3 Å². The standard InChI is InChI=1S/C13H12F9NO4/c1-5(2)8(9(24)25-3)6-4-7(23-27-6)26-13(21,22)11(16,17)10(14,15)12(18,19)20/h4-5,8H,1-3H3. The fourth-order valence-corrected chi connectivity index (χ4v) is 1.87. The van der Waals surface area contributed by atoms with Gasteiger partial charge in [0, 0.05) is 6.07 Å². The van der Waals surface area contributed by atoms with Crippen LogP contribution < -0.4 is 4.74 Å². The lowest BCUT2D eigenvalue weighted by Gasteiger charge is -2.32. The van der Waals surface area contributed by atoms with Crippen molar-refractivity contribution in [1.29, 1.82) is 0 Å². The minimum Gasteiger partial charge on any atom is -0.468 e. The Morgan fingerprint density at radius 3 is 1.96 bits per heavy atom. The lowest BCUT2D eigenvalue weighted by molar-refractivity contribution is -0.429. The van der Waals surface area contributed by atoms with E-state index in [2.05, 4.69) is 19.2 Å². The van der Waals surface area contributed by atoms with Crippen LogP contribution in [0, 0.1) is 5.92 Å². The maximum absolute atomic E-state index is 13.4. The molecule has 27 heavy (non-hydrogen) atoms. The van der Waals surface area contributed by atoms with Gasteiger partial charge in [0.25, 0.3) is 5.88 Å². The van der Waals surface area contributed by atoms with Crippen LogP contribution in [-0.2, 0) is 9.53 Å². The molecule has 0 amide bonds. The zero-order chi connectivity index (χ0) is 21.4. The Hall–Kier alpha value is -2.15. The third-order valence-electron chi connectivity index (χ3n) is 3.28. The minimum atomic E-state index is -7.11. The number of rotatable bonds is 7. The van der Waals surface area contributed by atoms with E-state index in [1.54, 1.807) is 0 Å². The van der Waals surface area contributed by atoms with Gasteiger partial charge in [-0.1, -0.05) is 13.8 Å². The highest BCUT2D eigenvalue weighted by molar-refractivity contribution is 5.77. The van der Waals surface area contributed by atoms with E-state index in [1.807, 2.05) is 0 Å². The van der Waals surface area contributed by atoms with Crippen LogP contribution in [0.2, 0.25) is 0 Å². The molecule has 0 saturated heterocycles. The largest absolute Gasteiger partial charge is 0.472 e. The molecule has 5 nitrogen and oxygen atoms in total. The van der Waals surface area contributed by atoms with Crippen molar-refractivity contribution in [2.45, 2.75) is 43.9 Å². The van der Waals surface area contributed by atoms with Crippen molar-refractivity contribution in [1.82, 2.24) is 5.16 Å². The van der Waals surface area contributed by atoms with E-state index < -0.39 is 53.6 Å². The van der Waals surface area contributed by atoms with Crippen LogP contribution in [0.25, 0.3) is 0 Å². The monoisotopic (exact) mass is 417 g/mol. The Morgan fingerprint density at radius 2 is 1.56 bits per heavy atom. The fraction of sp³-hybridized carbons (Fsp3) is 0.692. The molecule has 0 spiro atoms. The second-order valence-corrected chi connectivity index (χ2v) is 5.58. The van der Waals surface area contributed by atoms with Crippen molar-refractivity contribution >= 4 is 5.97 Å². The van der Waals surface area contributed by atoms with Gasteiger partial charge in [0.05, 0.1) is 7.11 Å². The van der Waals surface area contributed by atoms with Gasteiger partial charge >= 0.3 is 30.1 Å². The quantitative estimate of drug-likeness (QED) is 0.487. The number of nitrogens with zero attached hydrogens (tertiary/aromatic N) is 1. The second kappa shape index (κ2) is 7.11. The van der Waals surface area contributed by atoms with Crippen LogP contribution in [0.5, 0.6) is 5.88 Å². The Morgan fingerprint density at radius 1 is 1.04 bits per heavy atom. The molecule has 0 aromatic carbocycles. The first kappa shape index (κ1) is 22.9. The SMILES string of the molecule is COC(=O)C(c1cc(OC(F)(F)C(F)(F)C(F)(F)C(F)(F)F)no1)C(C)C. The Bertz CT molecular complexity index is 669. The van der Waals surface area contributed by atoms with E-state index in [4.69, 9.17) is 0 Å². The minimum absolute atomic E-state index is 0.372. The van der Waals surface area contributed by atoms with E-state index in [0.717, 1.165) is 7.11 Å². The lowest BCUT2D eigenvalue weighted by Crippen LogP contribution is -2.62. The molecule has 1 heterocycles. The smallest absolute Gasteiger partial charge is 0.468 e. The lowest BCUT2D eigenvalue weighted by atomic mass is 9.93. The predicted molar refractivity (Wildman–Crippen MR) is 67.6 cm³/mol. The van der Waals surface area contributed by atoms with Crippen LogP contribution in [0.15, 0.2) is 10.6 Å². The van der Waals surface area contributed by atoms with Crippen molar-refractivity contribution in [2.24, 2.45) is 5.92 Å². The molecule has 0 radical (unpaired) electrons. The van der Waals surface area contributed by atoms with Gasteiger partial charge in [-0.2, -0.15) is 39.5 Å². The summed E-state index contributed by atoms with van der Waals surface area (Å²) < 4.78 is 127. The highest BCUT2D eigenvalue weighted by atomic mass is 19.4. The van der Waals surface area contributed by atoms with Crippen molar-refractivity contribution in [3.8, 4) is 5.88 Å². The molecule has 0 aliphatic carbocycles. The summed E-state index contributed by atoms with van der Waals surface area (Å²) >= 11 is 0. The van der Waals surface area contributed by atoms with E-state index >= 15 is 0 Å². The molecular weight excluding hydrogens is 405 g/mol. The van der Waals surface area contributed by atoms with Gasteiger partial charge < -0.3 is 14.0 Å². The fourth-order valence-electron chi connectivity index (χ4n) is 1.87. The molecule has 1 aromatic heterocycles. The van der Waals surface area contributed by atoms with Gasteiger partial charge in [-0.15, -0.1) is 0 Å². The van der Waals surface area contributed by atoms with Crippen molar-refractivity contribution in [2.75, 3.05) is 7.11 Å². The summed E-state index contributed by atoms with van der Waals surface area (Å²) in [7, 11) is 0.972. The second-order valence-electron chi connectivity index (χ2n) is 5.58. The van der Waals surface area contributed by atoms with E-state index in [9.17, 15) is 44.3 Å². The number of esters is 1. The number of methoxy groups -OCH3 is 1. The molecule has 0 fully saturated rings. The van der Waals surface area contributed by atoms with Gasteiger partial charge in [-0.05, 0) is 11.1 Å². The first-order valence-electron chi connectivity index (χ1n) is 6.93. The normalized spacial score (nSPS) is 15.0. The molecule has 1 rings (SSSR count). The van der Waals surface area contributed by atoms with Gasteiger partial charge in [0.15, 0.2) is 5.76 Å². The Labute approximate surface area is 145 Å². The third-order valence-corrected chi connectivity index (χ3v) is 3.28. The Balaban J connectivity index is 3.18. The molecule has 0 N–H and O–H groups in total. The zero-order valence-electron chi connectivity index (χ0n) is 13.7. The Kier molecular flexibility index (Phi) is 6.03. The predicted octanol–water partition coefficient (Wildman–Crippen LogP) is 4.39. The third kappa shape index (κ3) is 4.08. The molecule has 0 bridgehead atoms. The van der Waals surface area contributed by atoms with Gasteiger partial charge in [0.1, 0.15) is 5.92 Å². The summed E-state index contributed by atoms with van der Waals surface area (Å²) in [4.78, 5) is 11.6. The summed E-state index contributed by atoms with van der Waals surface area (Å²) in [6, 6.07) is 0.372. The average molecular weight is 417 g/mol. The molecule has 156 valence electrons. The number of carbonyl (C=O) groups is 1. The maximum atomic E-state index is 13.4. The maximum Gasteiger partial charge on any atom is 0.472 e. The first-order chi connectivity index (χ1) is 12.0. The van der Waals surface area contributed by atoms with Crippen LogP contribution in [0.3, 0.4) is 0 Å². The molecule has 0 aliphatic heterocycles. The van der Waals surface area contributed by atoms with Crippen molar-refractivity contribution in [3.63, 3.8) is 0 Å². The number of hydrogen-bond acceptors (Lipinski definition) is 5. The summed E-state index contributed by atoms with van der Waals surface area (Å²) in [5.74, 6) is -18.9. The van der Waals surface area contributed by atoms with E-state index in [-0.39, 0.29) is 0 Å².